The molecule has 2 radical (unpaired) electrons. The van der Waals surface area contributed by atoms with Gasteiger partial charge in [0.25, 0.3) is 0 Å². The molecular formula is C22H25N. The first-order valence-electron chi connectivity index (χ1n) is 8.73. The second-order valence-electron chi connectivity index (χ2n) is 7.87. The quantitative estimate of drug-likeness (QED) is 0.671. The average molecular weight is 303 g/mol. The lowest BCUT2D eigenvalue weighted by Crippen LogP contribution is -2.57. The molecule has 118 valence electrons. The van der Waals surface area contributed by atoms with E-state index in [1.165, 1.54) is 48.1 Å². The molecule has 2 saturated heterocycles. The second kappa shape index (κ2) is 5.12. The Bertz CT molecular complexity index is 708. The maximum Gasteiger partial charge on any atom is 0.0982 e. The van der Waals surface area contributed by atoms with Crippen LogP contribution in [0.3, 0.4) is 0 Å². The summed E-state index contributed by atoms with van der Waals surface area (Å²) < 4.78 is 0. The Morgan fingerprint density at radius 3 is 2.22 bits per heavy atom. The lowest BCUT2D eigenvalue weighted by Gasteiger charge is -2.58. The van der Waals surface area contributed by atoms with Crippen molar-refractivity contribution in [2.45, 2.75) is 52.0 Å². The highest BCUT2D eigenvalue weighted by Crippen LogP contribution is 2.54. The van der Waals surface area contributed by atoms with Gasteiger partial charge in [0.2, 0.25) is 0 Å². The third kappa shape index (κ3) is 2.47. The van der Waals surface area contributed by atoms with Gasteiger partial charge in [0.1, 0.15) is 0 Å². The summed E-state index contributed by atoms with van der Waals surface area (Å²) in [4.78, 5) is 2.46. The van der Waals surface area contributed by atoms with E-state index in [4.69, 9.17) is 0 Å². The standard InChI is InChI=1S/C22H25N/c1-17-15-19(18-7-5-4-6-8-18)9-10-20(17)23-16-21(2)11-13-22(23,3)14-12-21/h4-10,15H,11-14H2,1-3H3. The highest BCUT2D eigenvalue weighted by Gasteiger charge is 2.49. The zero-order chi connectivity index (χ0) is 16.1. The van der Waals surface area contributed by atoms with E-state index in [0.717, 1.165) is 0 Å². The van der Waals surface area contributed by atoms with Gasteiger partial charge in [-0.15, -0.1) is 0 Å². The molecule has 1 saturated carbocycles. The molecule has 0 unspecified atom stereocenters. The van der Waals surface area contributed by atoms with Crippen LogP contribution in [0.1, 0.15) is 45.1 Å². The summed E-state index contributed by atoms with van der Waals surface area (Å²) in [5.41, 5.74) is 5.77. The number of anilines is 1. The third-order valence-corrected chi connectivity index (χ3v) is 5.90. The molecule has 3 aliphatic rings. The van der Waals surface area contributed by atoms with Gasteiger partial charge in [-0.2, -0.15) is 0 Å². The van der Waals surface area contributed by atoms with E-state index in [1.54, 1.807) is 0 Å². The first-order chi connectivity index (χ1) is 11.0. The Balaban J connectivity index is 1.70. The molecule has 0 spiro atoms. The molecule has 0 atom stereocenters. The summed E-state index contributed by atoms with van der Waals surface area (Å²) in [5.74, 6) is 0. The third-order valence-electron chi connectivity index (χ3n) is 5.90. The molecule has 5 rings (SSSR count). The normalized spacial score (nSPS) is 29.8. The number of rotatable bonds is 2. The summed E-state index contributed by atoms with van der Waals surface area (Å²) >= 11 is 0. The van der Waals surface area contributed by atoms with Gasteiger partial charge in [0.15, 0.2) is 0 Å². The number of hydrogen-bond acceptors (Lipinski definition) is 1. The largest absolute Gasteiger partial charge is 0.355 e. The van der Waals surface area contributed by atoms with Crippen LogP contribution in [0.5, 0.6) is 0 Å². The number of benzene rings is 2. The van der Waals surface area contributed by atoms with Crippen LogP contribution in [0.4, 0.5) is 5.69 Å². The van der Waals surface area contributed by atoms with Crippen molar-refractivity contribution >= 4 is 5.69 Å². The molecule has 0 N–H and O–H groups in total. The highest BCUT2D eigenvalue weighted by atomic mass is 15.2. The smallest absolute Gasteiger partial charge is 0.0982 e. The molecule has 2 aromatic rings. The van der Waals surface area contributed by atoms with E-state index >= 15 is 0 Å². The Morgan fingerprint density at radius 2 is 1.57 bits per heavy atom. The molecule has 23 heavy (non-hydrogen) atoms. The van der Waals surface area contributed by atoms with Crippen molar-refractivity contribution in [2.24, 2.45) is 5.41 Å². The van der Waals surface area contributed by atoms with Crippen molar-refractivity contribution < 1.29 is 0 Å². The second-order valence-corrected chi connectivity index (χ2v) is 7.87. The zero-order valence-electron chi connectivity index (χ0n) is 14.4. The molecule has 3 fully saturated rings. The summed E-state index contributed by atoms with van der Waals surface area (Å²) in [6.07, 6.45) is 5.11. The molecule has 0 amide bonds. The predicted molar refractivity (Wildman–Crippen MR) is 97.3 cm³/mol. The van der Waals surface area contributed by atoms with Crippen LogP contribution in [0.2, 0.25) is 0 Å². The Labute approximate surface area is 140 Å². The van der Waals surface area contributed by atoms with Crippen molar-refractivity contribution in [1.82, 2.24) is 0 Å². The van der Waals surface area contributed by atoms with Crippen molar-refractivity contribution in [2.75, 3.05) is 4.90 Å². The molecule has 0 aromatic heterocycles. The number of nitrogens with zero attached hydrogens (tertiary/aromatic N) is 1. The summed E-state index contributed by atoms with van der Waals surface area (Å²) in [7, 11) is 0. The van der Waals surface area contributed by atoms with Crippen molar-refractivity contribution in [1.29, 1.82) is 0 Å². The maximum atomic E-state index is 3.82. The molecule has 1 aliphatic carbocycles. The van der Waals surface area contributed by atoms with Gasteiger partial charge < -0.3 is 4.90 Å². The first kappa shape index (κ1) is 14.8. The van der Waals surface area contributed by atoms with Crippen LogP contribution in [-0.2, 0) is 0 Å². The fraction of sp³-hybridized carbons (Fsp3) is 0.409. The summed E-state index contributed by atoms with van der Waals surface area (Å²) in [5, 5.41) is 0. The Hall–Kier alpha value is -1.76. The summed E-state index contributed by atoms with van der Waals surface area (Å²) in [6.45, 7) is 10.8. The molecule has 1 heteroatoms. The van der Waals surface area contributed by atoms with Crippen LogP contribution in [0, 0.1) is 18.9 Å². The number of piperidine rings is 2. The minimum atomic E-state index is 0.247. The van der Waals surface area contributed by atoms with Gasteiger partial charge in [-0.05, 0) is 73.8 Å². The molecule has 2 bridgehead atoms. The Morgan fingerprint density at radius 1 is 0.870 bits per heavy atom. The first-order valence-corrected chi connectivity index (χ1v) is 8.73. The van der Waals surface area contributed by atoms with Crippen molar-refractivity contribution in [3.63, 3.8) is 0 Å². The van der Waals surface area contributed by atoms with Crippen LogP contribution in [-0.4, -0.2) is 5.54 Å². The van der Waals surface area contributed by atoms with Crippen LogP contribution < -0.4 is 4.90 Å². The van der Waals surface area contributed by atoms with E-state index in [-0.39, 0.29) is 11.0 Å². The van der Waals surface area contributed by atoms with Crippen LogP contribution >= 0.6 is 0 Å². The molecule has 2 heterocycles. The van der Waals surface area contributed by atoms with Gasteiger partial charge in [0.05, 0.1) is 6.54 Å². The highest BCUT2D eigenvalue weighted by molar-refractivity contribution is 5.70. The van der Waals surface area contributed by atoms with E-state index < -0.39 is 0 Å². The number of fused-ring (bicyclic) bond motifs is 3. The van der Waals surface area contributed by atoms with Gasteiger partial charge >= 0.3 is 0 Å². The van der Waals surface area contributed by atoms with Crippen LogP contribution in [0.15, 0.2) is 48.5 Å². The number of hydrogen-bond donors (Lipinski definition) is 0. The van der Waals surface area contributed by atoms with Crippen molar-refractivity contribution in [3.05, 3.63) is 60.6 Å². The number of aryl methyl sites for hydroxylation is 1. The van der Waals surface area contributed by atoms with Gasteiger partial charge in [0, 0.05) is 11.2 Å². The predicted octanol–water partition coefficient (Wildman–Crippen LogP) is 5.86. The molecule has 1 nitrogen and oxygen atoms in total. The Kier molecular flexibility index (Phi) is 3.30. The monoisotopic (exact) mass is 303 g/mol. The minimum Gasteiger partial charge on any atom is -0.355 e. The van der Waals surface area contributed by atoms with Crippen molar-refractivity contribution in [3.8, 4) is 11.1 Å². The van der Waals surface area contributed by atoms with Gasteiger partial charge in [-0.1, -0.05) is 43.3 Å². The molecule has 2 aliphatic heterocycles. The zero-order valence-corrected chi connectivity index (χ0v) is 14.4. The lowest BCUT2D eigenvalue weighted by molar-refractivity contribution is 0.126. The molecular weight excluding hydrogens is 278 g/mol. The van der Waals surface area contributed by atoms with E-state index in [1.807, 2.05) is 0 Å². The topological polar surface area (TPSA) is 3.24 Å². The van der Waals surface area contributed by atoms with E-state index in [0.29, 0.717) is 0 Å². The SMILES string of the molecule is Cc1cc(-c2ccccc2)ccc1N1[C]C2(C)CCC1(C)CC2. The average Bonchev–Trinajstić information content (AvgIpc) is 2.57. The molecule has 2 aromatic carbocycles. The minimum absolute atomic E-state index is 0.247. The van der Waals surface area contributed by atoms with E-state index in [2.05, 4.69) is 80.7 Å². The fourth-order valence-corrected chi connectivity index (χ4v) is 4.15. The van der Waals surface area contributed by atoms with Crippen LogP contribution in [0.25, 0.3) is 11.1 Å². The van der Waals surface area contributed by atoms with E-state index in [9.17, 15) is 0 Å². The fourth-order valence-electron chi connectivity index (χ4n) is 4.15. The maximum absolute atomic E-state index is 3.82. The lowest BCUT2D eigenvalue weighted by atomic mass is 9.63. The van der Waals surface area contributed by atoms with Gasteiger partial charge in [-0.25, -0.2) is 0 Å². The summed E-state index contributed by atoms with van der Waals surface area (Å²) in [6, 6.07) is 17.5. The van der Waals surface area contributed by atoms with Gasteiger partial charge in [-0.3, -0.25) is 0 Å².